The molecule has 0 aliphatic heterocycles. The molecule has 1 atom stereocenters. The van der Waals surface area contributed by atoms with Gasteiger partial charge in [-0.15, -0.1) is 0 Å². The van der Waals surface area contributed by atoms with Crippen molar-refractivity contribution in [3.05, 3.63) is 88.5 Å². The Morgan fingerprint density at radius 2 is 1.76 bits per heavy atom. The third-order valence-corrected chi connectivity index (χ3v) is 6.42. The van der Waals surface area contributed by atoms with Crippen LogP contribution in [0.2, 0.25) is 5.02 Å². The number of halogens is 1. The van der Waals surface area contributed by atoms with E-state index in [1.54, 1.807) is 18.2 Å². The minimum atomic E-state index is -0.261. The predicted molar refractivity (Wildman–Crippen MR) is 141 cm³/mol. The molecule has 0 aliphatic carbocycles. The van der Waals surface area contributed by atoms with Crippen molar-refractivity contribution in [2.45, 2.75) is 46.0 Å². The van der Waals surface area contributed by atoms with Gasteiger partial charge in [0.05, 0.1) is 10.7 Å². The molecule has 0 bridgehead atoms. The van der Waals surface area contributed by atoms with E-state index in [9.17, 15) is 4.79 Å². The molecule has 0 saturated heterocycles. The summed E-state index contributed by atoms with van der Waals surface area (Å²) in [6.07, 6.45) is 4.35. The lowest BCUT2D eigenvalue weighted by molar-refractivity contribution is -0.111. The number of nitrogens with zero attached hydrogens (tertiary/aromatic N) is 1. The number of carbonyl (C=O) groups excluding carboxylic acids is 1. The van der Waals surface area contributed by atoms with Gasteiger partial charge in [-0.05, 0) is 71.4 Å². The monoisotopic (exact) mass is 472 g/mol. The quantitative estimate of drug-likeness (QED) is 0.274. The normalized spacial score (nSPS) is 12.5. The summed E-state index contributed by atoms with van der Waals surface area (Å²) in [5, 5.41) is 3.30. The third-order valence-electron chi connectivity index (χ3n) is 6.09. The van der Waals surface area contributed by atoms with E-state index in [1.165, 1.54) is 17.2 Å². The first-order chi connectivity index (χ1) is 16.3. The van der Waals surface area contributed by atoms with Crippen molar-refractivity contribution in [3.63, 3.8) is 0 Å². The minimum absolute atomic E-state index is 0.261. The first kappa shape index (κ1) is 23.8. The number of carbonyl (C=O) groups is 1. The molecule has 3 aromatic carbocycles. The van der Waals surface area contributed by atoms with Crippen LogP contribution in [0, 0.1) is 0 Å². The summed E-state index contributed by atoms with van der Waals surface area (Å²) in [4.78, 5) is 17.2. The highest BCUT2D eigenvalue weighted by Gasteiger charge is 2.13. The van der Waals surface area contributed by atoms with Gasteiger partial charge >= 0.3 is 0 Å². The molecule has 1 N–H and O–H groups in total. The standard InChI is InChI=1S/C29H29ClN2O2/c1-5-19(4)22-12-14-27-26(16-22)32-29(34-27)23-11-13-24(30)25(17-23)31-28(33)15-8-20-6-9-21(10-7-20)18(2)3/h6-19H,5H2,1-4H3,(H,31,33). The van der Waals surface area contributed by atoms with E-state index >= 15 is 0 Å². The van der Waals surface area contributed by atoms with Crippen molar-refractivity contribution >= 4 is 40.4 Å². The summed E-state index contributed by atoms with van der Waals surface area (Å²) >= 11 is 6.35. The molecule has 174 valence electrons. The van der Waals surface area contributed by atoms with Crippen LogP contribution in [0.25, 0.3) is 28.6 Å². The maximum atomic E-state index is 12.5. The van der Waals surface area contributed by atoms with Crippen molar-refractivity contribution in [1.29, 1.82) is 0 Å². The molecule has 0 spiro atoms. The van der Waals surface area contributed by atoms with Crippen LogP contribution in [-0.2, 0) is 4.79 Å². The lowest BCUT2D eigenvalue weighted by Crippen LogP contribution is -2.08. The highest BCUT2D eigenvalue weighted by atomic mass is 35.5. The van der Waals surface area contributed by atoms with Gasteiger partial charge in [0.2, 0.25) is 11.8 Å². The average molecular weight is 473 g/mol. The Bertz CT molecular complexity index is 1340. The molecule has 1 aromatic heterocycles. The lowest BCUT2D eigenvalue weighted by Gasteiger charge is -2.07. The Kier molecular flexibility index (Phi) is 7.18. The minimum Gasteiger partial charge on any atom is -0.436 e. The van der Waals surface area contributed by atoms with Gasteiger partial charge in [0.15, 0.2) is 5.58 Å². The molecule has 5 heteroatoms. The van der Waals surface area contributed by atoms with Crippen LogP contribution in [0.15, 0.2) is 71.2 Å². The van der Waals surface area contributed by atoms with E-state index in [4.69, 9.17) is 16.0 Å². The van der Waals surface area contributed by atoms with Gasteiger partial charge in [-0.2, -0.15) is 0 Å². The number of oxazole rings is 1. The second-order valence-electron chi connectivity index (χ2n) is 8.89. The zero-order chi connectivity index (χ0) is 24.2. The fraction of sp³-hybridized carbons (Fsp3) is 0.241. The Morgan fingerprint density at radius 3 is 2.47 bits per heavy atom. The van der Waals surface area contributed by atoms with Gasteiger partial charge in [-0.25, -0.2) is 4.98 Å². The molecule has 4 rings (SSSR count). The fourth-order valence-corrected chi connectivity index (χ4v) is 3.87. The molecule has 4 nitrogen and oxygen atoms in total. The summed E-state index contributed by atoms with van der Waals surface area (Å²) < 4.78 is 5.97. The van der Waals surface area contributed by atoms with Gasteiger partial charge in [0.25, 0.3) is 0 Å². The maximum Gasteiger partial charge on any atom is 0.248 e. The fourth-order valence-electron chi connectivity index (χ4n) is 3.70. The van der Waals surface area contributed by atoms with Crippen LogP contribution in [0.4, 0.5) is 5.69 Å². The van der Waals surface area contributed by atoms with E-state index in [0.29, 0.717) is 28.4 Å². The Balaban J connectivity index is 1.52. The van der Waals surface area contributed by atoms with E-state index in [-0.39, 0.29) is 5.91 Å². The molecule has 1 unspecified atom stereocenters. The molecule has 0 aliphatic rings. The summed E-state index contributed by atoms with van der Waals surface area (Å²) in [7, 11) is 0. The van der Waals surface area contributed by atoms with E-state index in [2.05, 4.69) is 62.3 Å². The molecule has 0 saturated carbocycles. The van der Waals surface area contributed by atoms with Crippen molar-refractivity contribution < 1.29 is 9.21 Å². The highest BCUT2D eigenvalue weighted by Crippen LogP contribution is 2.32. The number of benzene rings is 3. The van der Waals surface area contributed by atoms with Crippen LogP contribution in [-0.4, -0.2) is 10.9 Å². The molecule has 0 radical (unpaired) electrons. The van der Waals surface area contributed by atoms with Crippen LogP contribution in [0.5, 0.6) is 0 Å². The van der Waals surface area contributed by atoms with Crippen molar-refractivity contribution in [1.82, 2.24) is 4.98 Å². The topological polar surface area (TPSA) is 55.1 Å². The molecule has 0 fully saturated rings. The van der Waals surface area contributed by atoms with Gasteiger partial charge in [-0.3, -0.25) is 4.79 Å². The zero-order valence-corrected chi connectivity index (χ0v) is 20.7. The Labute approximate surface area is 205 Å². The van der Waals surface area contributed by atoms with Crippen molar-refractivity contribution in [2.24, 2.45) is 0 Å². The van der Waals surface area contributed by atoms with Gasteiger partial charge < -0.3 is 9.73 Å². The second-order valence-corrected chi connectivity index (χ2v) is 9.30. The first-order valence-corrected chi connectivity index (χ1v) is 12.0. The number of rotatable bonds is 7. The molecule has 1 amide bonds. The highest BCUT2D eigenvalue weighted by molar-refractivity contribution is 6.34. The largest absolute Gasteiger partial charge is 0.436 e. The first-order valence-electron chi connectivity index (χ1n) is 11.6. The van der Waals surface area contributed by atoms with Crippen LogP contribution >= 0.6 is 11.6 Å². The number of fused-ring (bicyclic) bond motifs is 1. The molecule has 4 aromatic rings. The smallest absolute Gasteiger partial charge is 0.248 e. The van der Waals surface area contributed by atoms with Gasteiger partial charge in [0, 0.05) is 11.6 Å². The lowest BCUT2D eigenvalue weighted by atomic mass is 9.98. The molecular formula is C29H29ClN2O2. The van der Waals surface area contributed by atoms with Crippen molar-refractivity contribution in [3.8, 4) is 11.5 Å². The third kappa shape index (κ3) is 5.40. The predicted octanol–water partition coefficient (Wildman–Crippen LogP) is 8.44. The van der Waals surface area contributed by atoms with Gasteiger partial charge in [-0.1, -0.05) is 69.6 Å². The number of amides is 1. The average Bonchev–Trinajstić information content (AvgIpc) is 3.27. The van der Waals surface area contributed by atoms with E-state index < -0.39 is 0 Å². The SMILES string of the molecule is CCC(C)c1ccc2oc(-c3ccc(Cl)c(NC(=O)C=Cc4ccc(C(C)C)cc4)c3)nc2c1. The summed E-state index contributed by atoms with van der Waals surface area (Å²) in [5.41, 5.74) is 6.27. The number of nitrogens with one attached hydrogen (secondary N) is 1. The van der Waals surface area contributed by atoms with Crippen molar-refractivity contribution in [2.75, 3.05) is 5.32 Å². The zero-order valence-electron chi connectivity index (χ0n) is 19.9. The summed E-state index contributed by atoms with van der Waals surface area (Å²) in [6, 6.07) is 19.7. The van der Waals surface area contributed by atoms with Crippen LogP contribution in [0.3, 0.4) is 0 Å². The second kappa shape index (κ2) is 10.3. The van der Waals surface area contributed by atoms with Gasteiger partial charge in [0.1, 0.15) is 5.52 Å². The number of hydrogen-bond acceptors (Lipinski definition) is 3. The number of hydrogen-bond donors (Lipinski definition) is 1. The number of aromatic nitrogens is 1. The Hall–Kier alpha value is -3.37. The molecular weight excluding hydrogens is 444 g/mol. The van der Waals surface area contributed by atoms with E-state index in [1.807, 2.05) is 24.3 Å². The summed E-state index contributed by atoms with van der Waals surface area (Å²) in [6.45, 7) is 8.68. The van der Waals surface area contributed by atoms with Crippen LogP contribution in [0.1, 0.15) is 62.6 Å². The maximum absolute atomic E-state index is 12.5. The molecule has 1 heterocycles. The van der Waals surface area contributed by atoms with Crippen LogP contribution < -0.4 is 5.32 Å². The Morgan fingerprint density at radius 1 is 1.03 bits per heavy atom. The molecule has 34 heavy (non-hydrogen) atoms. The number of anilines is 1. The van der Waals surface area contributed by atoms with E-state index in [0.717, 1.165) is 28.6 Å². The summed E-state index contributed by atoms with van der Waals surface area (Å²) in [5.74, 6) is 1.16.